The number of Topliss-reactive ketones (excluding diaryl/α,β-unsaturated/α-hetero) is 1. The fourth-order valence-corrected chi connectivity index (χ4v) is 4.55. The third-order valence-electron chi connectivity index (χ3n) is 4.91. The molecule has 5 nitrogen and oxygen atoms in total. The van der Waals surface area contributed by atoms with Gasteiger partial charge in [0.15, 0.2) is 5.78 Å². The van der Waals surface area contributed by atoms with Crippen molar-refractivity contribution < 1.29 is 24.2 Å². The summed E-state index contributed by atoms with van der Waals surface area (Å²) in [5, 5.41) is 10.8. The summed E-state index contributed by atoms with van der Waals surface area (Å²) in [6, 6.07) is 12.6. The van der Waals surface area contributed by atoms with Crippen molar-refractivity contribution in [1.29, 1.82) is 0 Å². The van der Waals surface area contributed by atoms with Gasteiger partial charge >= 0.3 is 0 Å². The maximum absolute atomic E-state index is 13.0. The summed E-state index contributed by atoms with van der Waals surface area (Å²) < 4.78 is 10.7. The molecule has 1 aliphatic rings. The lowest BCUT2D eigenvalue weighted by Gasteiger charge is -2.23. The van der Waals surface area contributed by atoms with Crippen LogP contribution in [-0.4, -0.2) is 17.4 Å². The minimum Gasteiger partial charge on any atom is -0.508 e. The van der Waals surface area contributed by atoms with Gasteiger partial charge in [-0.05, 0) is 48.7 Å². The highest BCUT2D eigenvalue weighted by atomic mass is 32.1. The molecule has 142 valence electrons. The van der Waals surface area contributed by atoms with E-state index in [0.29, 0.717) is 12.2 Å². The van der Waals surface area contributed by atoms with Crippen LogP contribution in [0.15, 0.2) is 55.0 Å². The van der Waals surface area contributed by atoms with Crippen LogP contribution < -0.4 is 4.74 Å². The maximum atomic E-state index is 13.0. The Kier molecular flexibility index (Phi) is 5.12. The summed E-state index contributed by atoms with van der Waals surface area (Å²) >= 11 is 1.44. The standard InChI is InChI=1S/C22H18O5S/c23-13-26-10-11-27-17-7-4-14(5-8-17)20-18-9-6-16(24)12-19(18)28-22(20)21(25)15-2-1-3-15/h4-13,15,24H,1-3H2/b11-10+. The van der Waals surface area contributed by atoms with Crippen LogP contribution >= 0.6 is 11.3 Å². The number of hydrogen-bond donors (Lipinski definition) is 1. The summed E-state index contributed by atoms with van der Waals surface area (Å²) in [6.07, 6.45) is 5.41. The maximum Gasteiger partial charge on any atom is 0.298 e. The van der Waals surface area contributed by atoms with Gasteiger partial charge in [0.25, 0.3) is 6.47 Å². The highest BCUT2D eigenvalue weighted by Crippen LogP contribution is 2.43. The molecular formula is C22H18O5S. The molecule has 0 atom stereocenters. The number of thiophene rings is 1. The van der Waals surface area contributed by atoms with Crippen LogP contribution in [0, 0.1) is 5.92 Å². The number of phenolic OH excluding ortho intramolecular Hbond substituents is 1. The molecule has 4 rings (SSSR count). The van der Waals surface area contributed by atoms with Gasteiger partial charge in [-0.2, -0.15) is 0 Å². The number of carbonyl (C=O) groups is 2. The van der Waals surface area contributed by atoms with Crippen molar-refractivity contribution in [3.63, 3.8) is 0 Å². The molecule has 1 saturated carbocycles. The van der Waals surface area contributed by atoms with Gasteiger partial charge < -0.3 is 14.6 Å². The van der Waals surface area contributed by atoms with Crippen LogP contribution in [0.1, 0.15) is 28.9 Å². The normalized spacial score (nSPS) is 14.1. The Bertz CT molecular complexity index is 1040. The van der Waals surface area contributed by atoms with Crippen LogP contribution in [0.4, 0.5) is 0 Å². The van der Waals surface area contributed by atoms with E-state index in [4.69, 9.17) is 4.74 Å². The van der Waals surface area contributed by atoms with Crippen molar-refractivity contribution in [2.24, 2.45) is 5.92 Å². The summed E-state index contributed by atoms with van der Waals surface area (Å²) in [7, 11) is 0. The second-order valence-electron chi connectivity index (χ2n) is 6.63. The Labute approximate surface area is 165 Å². The predicted octanol–water partition coefficient (Wildman–Crippen LogP) is 5.28. The minimum atomic E-state index is 0.103. The van der Waals surface area contributed by atoms with Crippen molar-refractivity contribution in [1.82, 2.24) is 0 Å². The molecule has 1 aliphatic carbocycles. The molecule has 6 heteroatoms. The number of fused-ring (bicyclic) bond motifs is 1. The van der Waals surface area contributed by atoms with Gasteiger partial charge in [0.2, 0.25) is 0 Å². The molecule has 0 aliphatic heterocycles. The van der Waals surface area contributed by atoms with Crippen LogP contribution in [0.5, 0.6) is 11.5 Å². The molecule has 1 N–H and O–H groups in total. The molecule has 3 aromatic rings. The second kappa shape index (κ2) is 7.86. The van der Waals surface area contributed by atoms with Crippen molar-refractivity contribution in [3.05, 3.63) is 59.9 Å². The van der Waals surface area contributed by atoms with Crippen LogP contribution in [0.25, 0.3) is 21.2 Å². The van der Waals surface area contributed by atoms with Crippen molar-refractivity contribution in [3.8, 4) is 22.6 Å². The lowest BCUT2D eigenvalue weighted by Crippen LogP contribution is -2.21. The van der Waals surface area contributed by atoms with Gasteiger partial charge in [0.1, 0.15) is 24.0 Å². The van der Waals surface area contributed by atoms with Crippen LogP contribution in [-0.2, 0) is 9.53 Å². The number of phenols is 1. The van der Waals surface area contributed by atoms with E-state index >= 15 is 0 Å². The molecule has 28 heavy (non-hydrogen) atoms. The predicted molar refractivity (Wildman–Crippen MR) is 108 cm³/mol. The number of ether oxygens (including phenoxy) is 2. The Morgan fingerprint density at radius 3 is 2.57 bits per heavy atom. The smallest absolute Gasteiger partial charge is 0.298 e. The van der Waals surface area contributed by atoms with E-state index in [9.17, 15) is 14.7 Å². The highest BCUT2D eigenvalue weighted by Gasteiger charge is 2.30. The van der Waals surface area contributed by atoms with Gasteiger partial charge in [-0.1, -0.05) is 18.6 Å². The third kappa shape index (κ3) is 3.51. The molecular weight excluding hydrogens is 376 g/mol. The molecule has 0 bridgehead atoms. The summed E-state index contributed by atoms with van der Waals surface area (Å²) in [5.74, 6) is 1.07. The van der Waals surface area contributed by atoms with Crippen LogP contribution in [0.2, 0.25) is 0 Å². The number of carbonyl (C=O) groups excluding carboxylic acids is 2. The summed E-state index contributed by atoms with van der Waals surface area (Å²) in [4.78, 5) is 23.9. The Balaban J connectivity index is 1.72. The van der Waals surface area contributed by atoms with E-state index < -0.39 is 0 Å². The Morgan fingerprint density at radius 2 is 1.89 bits per heavy atom. The number of rotatable bonds is 7. The minimum absolute atomic E-state index is 0.103. The molecule has 1 fully saturated rings. The van der Waals surface area contributed by atoms with E-state index in [1.54, 1.807) is 24.3 Å². The molecule has 0 spiro atoms. The Hall–Kier alpha value is -3.12. The number of aromatic hydroxyl groups is 1. The quantitative estimate of drug-likeness (QED) is 0.335. The molecule has 0 unspecified atom stereocenters. The van der Waals surface area contributed by atoms with Gasteiger partial charge in [-0.15, -0.1) is 11.3 Å². The number of ketones is 1. The average Bonchev–Trinajstić information content (AvgIpc) is 3.03. The lowest BCUT2D eigenvalue weighted by atomic mass is 9.80. The lowest BCUT2D eigenvalue weighted by molar-refractivity contribution is -0.123. The van der Waals surface area contributed by atoms with E-state index in [2.05, 4.69) is 4.74 Å². The zero-order chi connectivity index (χ0) is 19.5. The first kappa shape index (κ1) is 18.3. The molecule has 1 aromatic heterocycles. The van der Waals surface area contributed by atoms with Gasteiger partial charge in [-0.3, -0.25) is 9.59 Å². The monoisotopic (exact) mass is 394 g/mol. The zero-order valence-electron chi connectivity index (χ0n) is 15.0. The SMILES string of the molecule is O=CO/C=C/Oc1ccc(-c2c(C(=O)C3CCC3)sc3cc(O)ccc23)cc1. The summed E-state index contributed by atoms with van der Waals surface area (Å²) in [6.45, 7) is 0.309. The largest absolute Gasteiger partial charge is 0.508 e. The number of hydrogen-bond acceptors (Lipinski definition) is 6. The Morgan fingerprint density at radius 1 is 1.11 bits per heavy atom. The number of benzene rings is 2. The van der Waals surface area contributed by atoms with Crippen molar-refractivity contribution in [2.75, 3.05) is 0 Å². The van der Waals surface area contributed by atoms with E-state index in [1.807, 2.05) is 18.2 Å². The first-order valence-electron chi connectivity index (χ1n) is 8.98. The first-order chi connectivity index (χ1) is 13.7. The second-order valence-corrected chi connectivity index (χ2v) is 7.68. The highest BCUT2D eigenvalue weighted by molar-refractivity contribution is 7.21. The van der Waals surface area contributed by atoms with Gasteiger partial charge in [0.05, 0.1) is 4.88 Å². The molecule has 2 aromatic carbocycles. The van der Waals surface area contributed by atoms with Gasteiger partial charge in [0, 0.05) is 21.6 Å². The zero-order valence-corrected chi connectivity index (χ0v) is 15.8. The molecule has 0 amide bonds. The average molecular weight is 394 g/mol. The van der Waals surface area contributed by atoms with E-state index in [-0.39, 0.29) is 17.5 Å². The van der Waals surface area contributed by atoms with Crippen molar-refractivity contribution in [2.45, 2.75) is 19.3 Å². The van der Waals surface area contributed by atoms with E-state index in [1.165, 1.54) is 17.6 Å². The van der Waals surface area contributed by atoms with E-state index in [0.717, 1.165) is 51.6 Å². The fourth-order valence-electron chi connectivity index (χ4n) is 3.27. The molecule has 0 saturated heterocycles. The first-order valence-corrected chi connectivity index (χ1v) is 9.80. The fraction of sp³-hybridized carbons (Fsp3) is 0.182. The molecule has 0 radical (unpaired) electrons. The van der Waals surface area contributed by atoms with Crippen molar-refractivity contribution >= 4 is 33.7 Å². The molecule has 1 heterocycles. The third-order valence-corrected chi connectivity index (χ3v) is 6.08. The van der Waals surface area contributed by atoms with Gasteiger partial charge in [-0.25, -0.2) is 0 Å². The summed E-state index contributed by atoms with van der Waals surface area (Å²) in [5.41, 5.74) is 1.82. The topological polar surface area (TPSA) is 72.8 Å². The van der Waals surface area contributed by atoms with Crippen LogP contribution in [0.3, 0.4) is 0 Å².